The number of rotatable bonds is 5. The summed E-state index contributed by atoms with van der Waals surface area (Å²) in [5, 5.41) is 13.2. The lowest BCUT2D eigenvalue weighted by atomic mass is 10.2. The first-order valence-corrected chi connectivity index (χ1v) is 6.22. The third kappa shape index (κ3) is 4.27. The van der Waals surface area contributed by atoms with Crippen molar-refractivity contribution < 1.29 is 23.4 Å². The van der Waals surface area contributed by atoms with Gasteiger partial charge >= 0.3 is 6.61 Å². The van der Waals surface area contributed by atoms with Crippen molar-refractivity contribution in [1.82, 2.24) is 5.43 Å². The zero-order valence-corrected chi connectivity index (χ0v) is 11.2. The zero-order chi connectivity index (χ0) is 15.9. The predicted octanol–water partition coefficient (Wildman–Crippen LogP) is 2.76. The van der Waals surface area contributed by atoms with Crippen molar-refractivity contribution in [3.63, 3.8) is 0 Å². The number of alkyl halides is 2. The Morgan fingerprint density at radius 3 is 2.50 bits per heavy atom. The highest BCUT2D eigenvalue weighted by Crippen LogP contribution is 2.15. The third-order valence-electron chi connectivity index (χ3n) is 2.63. The Kier molecular flexibility index (Phi) is 5.02. The summed E-state index contributed by atoms with van der Waals surface area (Å²) in [6.07, 6.45) is 1.34. The monoisotopic (exact) mass is 306 g/mol. The molecule has 0 radical (unpaired) electrons. The number of benzene rings is 2. The fourth-order valence-electron chi connectivity index (χ4n) is 1.63. The Hall–Kier alpha value is -2.96. The average Bonchev–Trinajstić information content (AvgIpc) is 2.49. The number of para-hydroxylation sites is 1. The molecule has 2 aromatic carbocycles. The van der Waals surface area contributed by atoms with Gasteiger partial charge in [0.25, 0.3) is 5.91 Å². The van der Waals surface area contributed by atoms with E-state index < -0.39 is 12.5 Å². The summed E-state index contributed by atoms with van der Waals surface area (Å²) >= 11 is 0. The van der Waals surface area contributed by atoms with Crippen LogP contribution in [0, 0.1) is 0 Å². The Morgan fingerprint density at radius 1 is 1.18 bits per heavy atom. The van der Waals surface area contributed by atoms with Crippen LogP contribution in [0.25, 0.3) is 0 Å². The molecule has 0 spiro atoms. The summed E-state index contributed by atoms with van der Waals surface area (Å²) < 4.78 is 28.2. The lowest BCUT2D eigenvalue weighted by molar-refractivity contribution is -0.0498. The number of hydrogen-bond acceptors (Lipinski definition) is 4. The van der Waals surface area contributed by atoms with Crippen LogP contribution in [0.3, 0.4) is 0 Å². The molecule has 22 heavy (non-hydrogen) atoms. The van der Waals surface area contributed by atoms with Crippen LogP contribution in [-0.2, 0) is 0 Å². The number of ether oxygens (including phenoxy) is 1. The van der Waals surface area contributed by atoms with Crippen LogP contribution in [0.5, 0.6) is 11.5 Å². The van der Waals surface area contributed by atoms with E-state index in [0.717, 1.165) is 0 Å². The van der Waals surface area contributed by atoms with Gasteiger partial charge in [-0.2, -0.15) is 13.9 Å². The first-order valence-electron chi connectivity index (χ1n) is 6.22. The zero-order valence-electron chi connectivity index (χ0n) is 11.2. The fraction of sp³-hybridized carbons (Fsp3) is 0.0667. The lowest BCUT2D eigenvalue weighted by Gasteiger charge is -2.04. The molecule has 0 aliphatic carbocycles. The molecule has 0 atom stereocenters. The number of amides is 1. The maximum atomic E-state index is 12.0. The van der Waals surface area contributed by atoms with Crippen molar-refractivity contribution in [3.8, 4) is 11.5 Å². The van der Waals surface area contributed by atoms with E-state index in [1.807, 2.05) is 0 Å². The molecule has 0 heterocycles. The summed E-state index contributed by atoms with van der Waals surface area (Å²) in [5.41, 5.74) is 2.93. The van der Waals surface area contributed by atoms with Gasteiger partial charge in [0.2, 0.25) is 0 Å². The summed E-state index contributed by atoms with van der Waals surface area (Å²) in [5.74, 6) is -0.680. The van der Waals surface area contributed by atoms with Crippen molar-refractivity contribution >= 4 is 12.1 Å². The molecule has 2 rings (SSSR count). The van der Waals surface area contributed by atoms with E-state index in [2.05, 4.69) is 15.3 Å². The summed E-state index contributed by atoms with van der Waals surface area (Å²) in [6.45, 7) is -2.88. The molecular formula is C15H12F2N2O3. The Morgan fingerprint density at radius 2 is 1.86 bits per heavy atom. The second-order valence-corrected chi connectivity index (χ2v) is 4.16. The number of carbonyl (C=O) groups excluding carboxylic acids is 1. The molecule has 0 saturated carbocycles. The molecule has 0 unspecified atom stereocenters. The van der Waals surface area contributed by atoms with Gasteiger partial charge in [-0.05, 0) is 42.0 Å². The number of phenols is 1. The highest BCUT2D eigenvalue weighted by molar-refractivity contribution is 5.97. The van der Waals surface area contributed by atoms with E-state index in [1.165, 1.54) is 42.6 Å². The van der Waals surface area contributed by atoms with Crippen molar-refractivity contribution in [2.24, 2.45) is 5.10 Å². The number of carbonyl (C=O) groups is 1. The van der Waals surface area contributed by atoms with Gasteiger partial charge in [0.15, 0.2) is 0 Å². The maximum absolute atomic E-state index is 12.0. The van der Waals surface area contributed by atoms with Gasteiger partial charge in [0, 0.05) is 0 Å². The van der Waals surface area contributed by atoms with Gasteiger partial charge in [-0.1, -0.05) is 12.1 Å². The highest BCUT2D eigenvalue weighted by Gasteiger charge is 2.08. The number of nitrogens with one attached hydrogen (secondary N) is 1. The molecule has 0 aromatic heterocycles. The molecule has 0 saturated heterocycles. The molecule has 0 aliphatic rings. The lowest BCUT2D eigenvalue weighted by Crippen LogP contribution is -2.17. The largest absolute Gasteiger partial charge is 0.507 e. The van der Waals surface area contributed by atoms with Crippen molar-refractivity contribution in [3.05, 3.63) is 59.7 Å². The highest BCUT2D eigenvalue weighted by atomic mass is 19.3. The molecule has 0 fully saturated rings. The van der Waals surface area contributed by atoms with Crippen LogP contribution in [0.2, 0.25) is 0 Å². The van der Waals surface area contributed by atoms with Gasteiger partial charge in [0.1, 0.15) is 11.5 Å². The van der Waals surface area contributed by atoms with Crippen molar-refractivity contribution in [2.45, 2.75) is 6.61 Å². The standard InChI is InChI=1S/C15H12F2N2O3/c16-15(17)22-11-7-5-10(6-8-11)9-18-19-14(21)12-3-1-2-4-13(12)20/h1-9,15,20H,(H,19,21)/b18-9+. The second kappa shape index (κ2) is 7.16. The van der Waals surface area contributed by atoms with Gasteiger partial charge in [0.05, 0.1) is 11.8 Å². The number of halogens is 2. The summed E-state index contributed by atoms with van der Waals surface area (Å²) in [4.78, 5) is 11.7. The SMILES string of the molecule is O=C(N/N=C/c1ccc(OC(F)F)cc1)c1ccccc1O. The minimum atomic E-state index is -2.88. The molecule has 7 heteroatoms. The summed E-state index contributed by atoms with van der Waals surface area (Å²) in [6, 6.07) is 11.8. The van der Waals surface area contributed by atoms with E-state index in [0.29, 0.717) is 5.56 Å². The minimum Gasteiger partial charge on any atom is -0.507 e. The fourth-order valence-corrected chi connectivity index (χ4v) is 1.63. The van der Waals surface area contributed by atoms with Crippen LogP contribution >= 0.6 is 0 Å². The maximum Gasteiger partial charge on any atom is 0.387 e. The normalized spacial score (nSPS) is 10.9. The summed E-state index contributed by atoms with van der Waals surface area (Å²) in [7, 11) is 0. The quantitative estimate of drug-likeness (QED) is 0.659. The van der Waals surface area contributed by atoms with E-state index in [9.17, 15) is 18.7 Å². The first-order chi connectivity index (χ1) is 10.6. The molecule has 2 N–H and O–H groups in total. The van der Waals surface area contributed by atoms with Crippen LogP contribution in [-0.4, -0.2) is 23.8 Å². The molecule has 114 valence electrons. The number of phenolic OH excluding ortho intramolecular Hbond substituents is 1. The van der Waals surface area contributed by atoms with Crippen molar-refractivity contribution in [1.29, 1.82) is 0 Å². The molecule has 5 nitrogen and oxygen atoms in total. The second-order valence-electron chi connectivity index (χ2n) is 4.16. The number of nitrogens with zero attached hydrogens (tertiary/aromatic N) is 1. The van der Waals surface area contributed by atoms with Gasteiger partial charge < -0.3 is 9.84 Å². The first kappa shape index (κ1) is 15.4. The predicted molar refractivity (Wildman–Crippen MR) is 76.2 cm³/mol. The number of hydrazone groups is 1. The van der Waals surface area contributed by atoms with Crippen LogP contribution in [0.1, 0.15) is 15.9 Å². The van der Waals surface area contributed by atoms with Gasteiger partial charge in [-0.15, -0.1) is 0 Å². The van der Waals surface area contributed by atoms with Gasteiger partial charge in [-0.25, -0.2) is 5.43 Å². The van der Waals surface area contributed by atoms with Crippen LogP contribution < -0.4 is 10.2 Å². The smallest absolute Gasteiger partial charge is 0.387 e. The van der Waals surface area contributed by atoms with Crippen LogP contribution in [0.15, 0.2) is 53.6 Å². The van der Waals surface area contributed by atoms with E-state index >= 15 is 0 Å². The topological polar surface area (TPSA) is 70.9 Å². The average molecular weight is 306 g/mol. The molecule has 1 amide bonds. The number of hydrogen-bond donors (Lipinski definition) is 2. The molecule has 0 bridgehead atoms. The third-order valence-corrected chi connectivity index (χ3v) is 2.63. The van der Waals surface area contributed by atoms with Gasteiger partial charge in [-0.3, -0.25) is 4.79 Å². The Balaban J connectivity index is 1.95. The van der Waals surface area contributed by atoms with E-state index in [-0.39, 0.29) is 17.1 Å². The van der Waals surface area contributed by atoms with E-state index in [1.54, 1.807) is 12.1 Å². The van der Waals surface area contributed by atoms with Crippen molar-refractivity contribution in [2.75, 3.05) is 0 Å². The Labute approximate surface area is 124 Å². The molecular weight excluding hydrogens is 294 g/mol. The molecule has 0 aliphatic heterocycles. The van der Waals surface area contributed by atoms with Crippen LogP contribution in [0.4, 0.5) is 8.78 Å². The Bertz CT molecular complexity index is 673. The minimum absolute atomic E-state index is 0.0328. The van der Waals surface area contributed by atoms with E-state index in [4.69, 9.17) is 0 Å². The number of aromatic hydroxyl groups is 1. The molecule has 2 aromatic rings.